The van der Waals surface area contributed by atoms with Crippen molar-refractivity contribution in [3.8, 4) is 0 Å². The van der Waals surface area contributed by atoms with E-state index in [1.165, 1.54) is 0 Å². The SMILES string of the molecule is Cc1noc(C)c1CC(=O)N1CCC(C(=O)c2ccccc2)CC1. The maximum absolute atomic E-state index is 12.5. The fourth-order valence-electron chi connectivity index (χ4n) is 3.25. The standard InChI is InChI=1S/C19H22N2O3/c1-13-17(14(2)24-20-13)12-18(22)21-10-8-16(9-11-21)19(23)15-6-4-3-5-7-15/h3-7,16H,8-12H2,1-2H3. The number of carbonyl (C=O) groups excluding carboxylic acids is 2. The highest BCUT2D eigenvalue weighted by atomic mass is 16.5. The van der Waals surface area contributed by atoms with Gasteiger partial charge in [-0.1, -0.05) is 35.5 Å². The monoisotopic (exact) mass is 326 g/mol. The molecule has 1 fully saturated rings. The van der Waals surface area contributed by atoms with Crippen LogP contribution in [0.2, 0.25) is 0 Å². The van der Waals surface area contributed by atoms with Crippen molar-refractivity contribution in [2.24, 2.45) is 5.92 Å². The van der Waals surface area contributed by atoms with E-state index < -0.39 is 0 Å². The first-order chi connectivity index (χ1) is 11.6. The third-order valence-corrected chi connectivity index (χ3v) is 4.79. The van der Waals surface area contributed by atoms with E-state index in [0.29, 0.717) is 25.3 Å². The van der Waals surface area contributed by atoms with Gasteiger partial charge in [-0.15, -0.1) is 0 Å². The van der Waals surface area contributed by atoms with Crippen molar-refractivity contribution in [2.45, 2.75) is 33.1 Å². The normalized spacial score (nSPS) is 15.5. The molecule has 0 aliphatic carbocycles. The van der Waals surface area contributed by atoms with Crippen LogP contribution < -0.4 is 0 Å². The zero-order valence-corrected chi connectivity index (χ0v) is 14.1. The lowest BCUT2D eigenvalue weighted by molar-refractivity contribution is -0.131. The van der Waals surface area contributed by atoms with Crippen LogP contribution in [0.5, 0.6) is 0 Å². The van der Waals surface area contributed by atoms with E-state index in [-0.39, 0.29) is 17.6 Å². The number of aryl methyl sites for hydroxylation is 2. The summed E-state index contributed by atoms with van der Waals surface area (Å²) in [6.07, 6.45) is 1.76. The van der Waals surface area contributed by atoms with Gasteiger partial charge >= 0.3 is 0 Å². The van der Waals surface area contributed by atoms with Crippen LogP contribution in [0.25, 0.3) is 0 Å². The average Bonchev–Trinajstić information content (AvgIpc) is 2.94. The highest BCUT2D eigenvalue weighted by Crippen LogP contribution is 2.23. The van der Waals surface area contributed by atoms with E-state index in [4.69, 9.17) is 4.52 Å². The summed E-state index contributed by atoms with van der Waals surface area (Å²) >= 11 is 0. The molecule has 0 atom stereocenters. The predicted molar refractivity (Wildman–Crippen MR) is 89.8 cm³/mol. The number of likely N-dealkylation sites (tertiary alicyclic amines) is 1. The molecule has 0 radical (unpaired) electrons. The number of rotatable bonds is 4. The number of nitrogens with zero attached hydrogens (tertiary/aromatic N) is 2. The lowest BCUT2D eigenvalue weighted by atomic mass is 9.88. The van der Waals surface area contributed by atoms with Gasteiger partial charge in [0.15, 0.2) is 5.78 Å². The Morgan fingerprint density at radius 2 is 1.83 bits per heavy atom. The molecule has 2 heterocycles. The molecule has 1 saturated heterocycles. The number of carbonyl (C=O) groups is 2. The molecule has 5 heteroatoms. The Morgan fingerprint density at radius 1 is 1.17 bits per heavy atom. The quantitative estimate of drug-likeness (QED) is 0.810. The Bertz CT molecular complexity index is 709. The predicted octanol–water partition coefficient (Wildman–Crippen LogP) is 2.96. The Hall–Kier alpha value is -2.43. The summed E-state index contributed by atoms with van der Waals surface area (Å²) in [5.41, 5.74) is 2.41. The second kappa shape index (κ2) is 6.99. The summed E-state index contributed by atoms with van der Waals surface area (Å²) in [5.74, 6) is 0.980. The van der Waals surface area contributed by atoms with Gasteiger partial charge in [0.25, 0.3) is 0 Å². The molecule has 0 N–H and O–H groups in total. The highest BCUT2D eigenvalue weighted by molar-refractivity contribution is 5.98. The summed E-state index contributed by atoms with van der Waals surface area (Å²) < 4.78 is 5.12. The number of benzene rings is 1. The fraction of sp³-hybridized carbons (Fsp3) is 0.421. The lowest BCUT2D eigenvalue weighted by Crippen LogP contribution is -2.41. The van der Waals surface area contributed by atoms with Gasteiger partial charge in [0.1, 0.15) is 5.76 Å². The van der Waals surface area contributed by atoms with Crippen LogP contribution in [0.1, 0.15) is 40.2 Å². The number of aromatic nitrogens is 1. The van der Waals surface area contributed by atoms with E-state index in [1.54, 1.807) is 0 Å². The largest absolute Gasteiger partial charge is 0.361 e. The van der Waals surface area contributed by atoms with E-state index in [0.717, 1.165) is 29.7 Å². The zero-order chi connectivity index (χ0) is 17.1. The van der Waals surface area contributed by atoms with Crippen LogP contribution in [0.4, 0.5) is 0 Å². The number of amides is 1. The van der Waals surface area contributed by atoms with Crippen molar-refractivity contribution in [3.05, 3.63) is 52.9 Å². The molecule has 0 unspecified atom stereocenters. The molecule has 1 aliphatic rings. The van der Waals surface area contributed by atoms with Gasteiger partial charge in [-0.3, -0.25) is 9.59 Å². The Kier molecular flexibility index (Phi) is 4.79. The second-order valence-corrected chi connectivity index (χ2v) is 6.36. The van der Waals surface area contributed by atoms with Gasteiger partial charge in [-0.2, -0.15) is 0 Å². The molecule has 2 aromatic rings. The minimum atomic E-state index is 0.00974. The van der Waals surface area contributed by atoms with Crippen LogP contribution in [0.3, 0.4) is 0 Å². The van der Waals surface area contributed by atoms with Crippen LogP contribution in [-0.2, 0) is 11.2 Å². The molecule has 1 aliphatic heterocycles. The maximum Gasteiger partial charge on any atom is 0.227 e. The molecule has 1 aromatic heterocycles. The summed E-state index contributed by atoms with van der Waals surface area (Å²) in [6, 6.07) is 9.40. The molecule has 24 heavy (non-hydrogen) atoms. The molecule has 1 amide bonds. The van der Waals surface area contributed by atoms with Gasteiger partial charge < -0.3 is 9.42 Å². The molecule has 3 rings (SSSR count). The summed E-state index contributed by atoms with van der Waals surface area (Å²) in [6.45, 7) is 4.94. The minimum absolute atomic E-state index is 0.00974. The number of ketones is 1. The summed E-state index contributed by atoms with van der Waals surface area (Å²) in [5, 5.41) is 3.89. The Balaban J connectivity index is 1.57. The molecule has 1 aromatic carbocycles. The van der Waals surface area contributed by atoms with E-state index in [1.807, 2.05) is 49.1 Å². The van der Waals surface area contributed by atoms with Crippen LogP contribution in [0.15, 0.2) is 34.9 Å². The number of piperidine rings is 1. The van der Waals surface area contributed by atoms with Crippen LogP contribution >= 0.6 is 0 Å². The smallest absolute Gasteiger partial charge is 0.227 e. The number of hydrogen-bond donors (Lipinski definition) is 0. The third kappa shape index (κ3) is 3.40. The van der Waals surface area contributed by atoms with Gasteiger partial charge in [-0.05, 0) is 26.7 Å². The Morgan fingerprint density at radius 3 is 2.42 bits per heavy atom. The minimum Gasteiger partial charge on any atom is -0.361 e. The first-order valence-corrected chi connectivity index (χ1v) is 8.35. The Labute approximate surface area is 141 Å². The summed E-state index contributed by atoms with van der Waals surface area (Å²) in [4.78, 5) is 26.8. The van der Waals surface area contributed by atoms with Gasteiger partial charge in [0.05, 0.1) is 12.1 Å². The van der Waals surface area contributed by atoms with Gasteiger partial charge in [0.2, 0.25) is 5.91 Å². The van der Waals surface area contributed by atoms with Gasteiger partial charge in [-0.25, -0.2) is 0 Å². The molecule has 0 bridgehead atoms. The zero-order valence-electron chi connectivity index (χ0n) is 14.1. The van der Waals surface area contributed by atoms with E-state index in [2.05, 4.69) is 5.16 Å². The van der Waals surface area contributed by atoms with Gasteiger partial charge in [0, 0.05) is 30.1 Å². The molecule has 0 spiro atoms. The lowest BCUT2D eigenvalue weighted by Gasteiger charge is -2.31. The second-order valence-electron chi connectivity index (χ2n) is 6.36. The van der Waals surface area contributed by atoms with Crippen LogP contribution in [-0.4, -0.2) is 34.8 Å². The molecule has 0 saturated carbocycles. The van der Waals surface area contributed by atoms with Crippen molar-refractivity contribution in [1.29, 1.82) is 0 Å². The van der Waals surface area contributed by atoms with Crippen molar-refractivity contribution in [3.63, 3.8) is 0 Å². The van der Waals surface area contributed by atoms with E-state index in [9.17, 15) is 9.59 Å². The molecule has 5 nitrogen and oxygen atoms in total. The average molecular weight is 326 g/mol. The van der Waals surface area contributed by atoms with Crippen molar-refractivity contribution in [2.75, 3.05) is 13.1 Å². The molecule has 126 valence electrons. The maximum atomic E-state index is 12.5. The highest BCUT2D eigenvalue weighted by Gasteiger charge is 2.28. The van der Waals surface area contributed by atoms with Crippen molar-refractivity contribution in [1.82, 2.24) is 10.1 Å². The number of hydrogen-bond acceptors (Lipinski definition) is 4. The molecular weight excluding hydrogens is 304 g/mol. The molecular formula is C19H22N2O3. The summed E-state index contributed by atoms with van der Waals surface area (Å²) in [7, 11) is 0. The van der Waals surface area contributed by atoms with Crippen molar-refractivity contribution >= 4 is 11.7 Å². The fourth-order valence-corrected chi connectivity index (χ4v) is 3.25. The van der Waals surface area contributed by atoms with E-state index >= 15 is 0 Å². The third-order valence-electron chi connectivity index (χ3n) is 4.79. The van der Waals surface area contributed by atoms with Crippen molar-refractivity contribution < 1.29 is 14.1 Å². The topological polar surface area (TPSA) is 63.4 Å². The number of Topliss-reactive ketones (excluding diaryl/α,β-unsaturated/α-hetero) is 1. The first-order valence-electron chi connectivity index (χ1n) is 8.35. The van der Waals surface area contributed by atoms with Crippen LogP contribution in [0, 0.1) is 19.8 Å². The first kappa shape index (κ1) is 16.4.